The Morgan fingerprint density at radius 3 is 2.84 bits per heavy atom. The molecule has 0 aliphatic carbocycles. The van der Waals surface area contributed by atoms with Crippen LogP contribution in [0.5, 0.6) is 0 Å². The number of nitrogens with zero attached hydrogens (tertiary/aromatic N) is 3. The molecular weight excluding hydrogens is 242 g/mol. The van der Waals surface area contributed by atoms with Crippen LogP contribution < -0.4 is 0 Å². The molecule has 0 radical (unpaired) electrons. The van der Waals surface area contributed by atoms with Crippen molar-refractivity contribution >= 4 is 5.97 Å². The van der Waals surface area contributed by atoms with Gasteiger partial charge >= 0.3 is 5.97 Å². The van der Waals surface area contributed by atoms with E-state index in [0.29, 0.717) is 6.54 Å². The van der Waals surface area contributed by atoms with E-state index in [2.05, 4.69) is 9.88 Å². The summed E-state index contributed by atoms with van der Waals surface area (Å²) in [5.74, 6) is 0.870. The van der Waals surface area contributed by atoms with Gasteiger partial charge in [0.2, 0.25) is 0 Å². The third-order valence-corrected chi connectivity index (χ3v) is 3.31. The summed E-state index contributed by atoms with van der Waals surface area (Å²) in [5, 5.41) is 0. The molecule has 106 valence electrons. The molecule has 1 saturated heterocycles. The van der Waals surface area contributed by atoms with Crippen LogP contribution in [0.15, 0.2) is 12.4 Å². The Kier molecular flexibility index (Phi) is 3.94. The van der Waals surface area contributed by atoms with Crippen LogP contribution in [0.4, 0.5) is 0 Å². The minimum Gasteiger partial charge on any atom is -0.459 e. The van der Waals surface area contributed by atoms with Gasteiger partial charge in [0.1, 0.15) is 17.5 Å². The average molecular weight is 265 g/mol. The summed E-state index contributed by atoms with van der Waals surface area (Å²) in [7, 11) is 1.97. The first-order valence-electron chi connectivity index (χ1n) is 6.80. The van der Waals surface area contributed by atoms with Crippen LogP contribution in [-0.2, 0) is 23.1 Å². The van der Waals surface area contributed by atoms with Gasteiger partial charge in [-0.1, -0.05) is 0 Å². The van der Waals surface area contributed by atoms with E-state index in [4.69, 9.17) is 4.74 Å². The highest BCUT2D eigenvalue weighted by molar-refractivity contribution is 5.76. The van der Waals surface area contributed by atoms with Crippen LogP contribution in [0, 0.1) is 0 Å². The average Bonchev–Trinajstić information content (AvgIpc) is 2.87. The highest BCUT2D eigenvalue weighted by Gasteiger charge is 2.34. The number of aromatic nitrogens is 2. The van der Waals surface area contributed by atoms with E-state index < -0.39 is 5.60 Å². The van der Waals surface area contributed by atoms with E-state index in [1.54, 1.807) is 6.20 Å². The number of hydrogen-bond acceptors (Lipinski definition) is 4. The van der Waals surface area contributed by atoms with Gasteiger partial charge in [0.15, 0.2) is 0 Å². The topological polar surface area (TPSA) is 47.4 Å². The zero-order valence-corrected chi connectivity index (χ0v) is 12.2. The van der Waals surface area contributed by atoms with Crippen molar-refractivity contribution in [3.05, 3.63) is 18.2 Å². The quantitative estimate of drug-likeness (QED) is 0.781. The third-order valence-electron chi connectivity index (χ3n) is 3.31. The second kappa shape index (κ2) is 5.33. The fourth-order valence-electron chi connectivity index (χ4n) is 2.38. The van der Waals surface area contributed by atoms with Gasteiger partial charge in [-0.15, -0.1) is 0 Å². The van der Waals surface area contributed by atoms with Crippen molar-refractivity contribution < 1.29 is 9.53 Å². The van der Waals surface area contributed by atoms with E-state index in [-0.39, 0.29) is 12.0 Å². The molecule has 0 aromatic carbocycles. The van der Waals surface area contributed by atoms with Crippen molar-refractivity contribution in [2.45, 2.75) is 51.8 Å². The SMILES string of the molecule is Cn1ccnc1CN1CCC[C@@H]1C(=O)OC(C)(C)C. The Bertz CT molecular complexity index is 448. The van der Waals surface area contributed by atoms with E-state index in [1.807, 2.05) is 38.6 Å². The van der Waals surface area contributed by atoms with Crippen LogP contribution in [0.1, 0.15) is 39.4 Å². The van der Waals surface area contributed by atoms with Gasteiger partial charge in [-0.3, -0.25) is 9.69 Å². The lowest BCUT2D eigenvalue weighted by atomic mass is 10.1. The number of rotatable bonds is 3. The van der Waals surface area contributed by atoms with Crippen molar-refractivity contribution in [3.63, 3.8) is 0 Å². The summed E-state index contributed by atoms with van der Waals surface area (Å²) in [5.41, 5.74) is -0.422. The number of imidazole rings is 1. The van der Waals surface area contributed by atoms with Gasteiger partial charge in [0.25, 0.3) is 0 Å². The fourth-order valence-corrected chi connectivity index (χ4v) is 2.38. The van der Waals surface area contributed by atoms with Gasteiger partial charge in [0.05, 0.1) is 6.54 Å². The van der Waals surface area contributed by atoms with Crippen molar-refractivity contribution in [1.82, 2.24) is 14.5 Å². The maximum Gasteiger partial charge on any atom is 0.323 e. The Balaban J connectivity index is 2.01. The van der Waals surface area contributed by atoms with Crippen LogP contribution >= 0.6 is 0 Å². The molecule has 0 N–H and O–H groups in total. The molecule has 2 heterocycles. The molecular formula is C14H23N3O2. The third kappa shape index (κ3) is 3.56. The predicted octanol–water partition coefficient (Wildman–Crippen LogP) is 1.73. The standard InChI is InChI=1S/C14H23N3O2/c1-14(2,3)19-13(18)11-6-5-8-17(11)10-12-15-7-9-16(12)4/h7,9,11H,5-6,8,10H2,1-4H3/t11-/m1/s1. The van der Waals surface area contributed by atoms with Crippen LogP contribution in [-0.4, -0.2) is 38.6 Å². The smallest absolute Gasteiger partial charge is 0.323 e. The van der Waals surface area contributed by atoms with Gasteiger partial charge in [-0.05, 0) is 40.2 Å². The molecule has 0 bridgehead atoms. The number of aryl methyl sites for hydroxylation is 1. The summed E-state index contributed by atoms with van der Waals surface area (Å²) in [6.07, 6.45) is 5.62. The van der Waals surface area contributed by atoms with Crippen molar-refractivity contribution in [2.75, 3.05) is 6.54 Å². The lowest BCUT2D eigenvalue weighted by Crippen LogP contribution is -2.40. The van der Waals surface area contributed by atoms with Crippen LogP contribution in [0.2, 0.25) is 0 Å². The molecule has 0 unspecified atom stereocenters. The molecule has 1 aromatic rings. The second-order valence-corrected chi connectivity index (χ2v) is 6.12. The first kappa shape index (κ1) is 14.1. The number of esters is 1. The molecule has 0 spiro atoms. The largest absolute Gasteiger partial charge is 0.459 e. The molecule has 1 aliphatic heterocycles. The molecule has 19 heavy (non-hydrogen) atoms. The minimum atomic E-state index is -0.422. The molecule has 1 fully saturated rings. The van der Waals surface area contributed by atoms with Crippen molar-refractivity contribution in [2.24, 2.45) is 7.05 Å². The summed E-state index contributed by atoms with van der Waals surface area (Å²) in [6, 6.07) is -0.129. The second-order valence-electron chi connectivity index (χ2n) is 6.12. The van der Waals surface area contributed by atoms with Crippen LogP contribution in [0.3, 0.4) is 0 Å². The normalized spacial score (nSPS) is 20.7. The summed E-state index contributed by atoms with van der Waals surface area (Å²) in [6.45, 7) is 7.35. The molecule has 2 rings (SSSR count). The maximum absolute atomic E-state index is 12.2. The minimum absolute atomic E-state index is 0.112. The van der Waals surface area contributed by atoms with Gasteiger partial charge < -0.3 is 9.30 Å². The van der Waals surface area contributed by atoms with E-state index >= 15 is 0 Å². The first-order valence-corrected chi connectivity index (χ1v) is 6.80. The van der Waals surface area contributed by atoms with Gasteiger partial charge in [-0.25, -0.2) is 4.98 Å². The van der Waals surface area contributed by atoms with E-state index in [9.17, 15) is 4.79 Å². The first-order chi connectivity index (χ1) is 8.87. The lowest BCUT2D eigenvalue weighted by Gasteiger charge is -2.27. The monoisotopic (exact) mass is 265 g/mol. The zero-order valence-electron chi connectivity index (χ0n) is 12.2. The highest BCUT2D eigenvalue weighted by atomic mass is 16.6. The number of carbonyl (C=O) groups is 1. The van der Waals surface area contributed by atoms with Crippen molar-refractivity contribution in [3.8, 4) is 0 Å². The summed E-state index contributed by atoms with van der Waals surface area (Å²) in [4.78, 5) is 18.7. The highest BCUT2D eigenvalue weighted by Crippen LogP contribution is 2.22. The summed E-state index contributed by atoms with van der Waals surface area (Å²) >= 11 is 0. The number of ether oxygens (including phenoxy) is 1. The molecule has 1 aromatic heterocycles. The van der Waals surface area contributed by atoms with Crippen LogP contribution in [0.25, 0.3) is 0 Å². The van der Waals surface area contributed by atoms with Crippen molar-refractivity contribution in [1.29, 1.82) is 0 Å². The zero-order chi connectivity index (χ0) is 14.0. The molecule has 5 nitrogen and oxygen atoms in total. The molecule has 0 amide bonds. The number of likely N-dealkylation sites (tertiary alicyclic amines) is 1. The Hall–Kier alpha value is -1.36. The number of carbonyl (C=O) groups excluding carboxylic acids is 1. The lowest BCUT2D eigenvalue weighted by molar-refractivity contribution is -0.160. The van der Waals surface area contributed by atoms with E-state index in [1.165, 1.54) is 0 Å². The fraction of sp³-hybridized carbons (Fsp3) is 0.714. The van der Waals surface area contributed by atoms with E-state index in [0.717, 1.165) is 25.2 Å². The number of hydrogen-bond donors (Lipinski definition) is 0. The maximum atomic E-state index is 12.2. The predicted molar refractivity (Wildman–Crippen MR) is 72.5 cm³/mol. The Labute approximate surface area is 114 Å². The van der Waals surface area contributed by atoms with Gasteiger partial charge in [-0.2, -0.15) is 0 Å². The van der Waals surface area contributed by atoms with Gasteiger partial charge in [0, 0.05) is 19.4 Å². The molecule has 0 saturated carbocycles. The Morgan fingerprint density at radius 2 is 2.26 bits per heavy atom. The molecule has 1 aliphatic rings. The molecule has 5 heteroatoms. The molecule has 1 atom stereocenters. The summed E-state index contributed by atoms with van der Waals surface area (Å²) < 4.78 is 7.48. The Morgan fingerprint density at radius 1 is 1.53 bits per heavy atom.